The number of carbonyl (C=O) groups is 5. The summed E-state index contributed by atoms with van der Waals surface area (Å²) in [4.78, 5) is 61.2. The third kappa shape index (κ3) is 8.56. The van der Waals surface area contributed by atoms with Gasteiger partial charge in [-0.25, -0.2) is 4.79 Å². The Morgan fingerprint density at radius 3 is 2.00 bits per heavy atom. The van der Waals surface area contributed by atoms with Crippen LogP contribution in [0.5, 0.6) is 0 Å². The molecule has 34 heavy (non-hydrogen) atoms. The van der Waals surface area contributed by atoms with Gasteiger partial charge in [-0.2, -0.15) is 0 Å². The summed E-state index contributed by atoms with van der Waals surface area (Å²) in [5.74, 6) is -8.40. The molecule has 5 N–H and O–H groups in total. The van der Waals surface area contributed by atoms with Crippen LogP contribution < -0.4 is 16.0 Å². The Bertz CT molecular complexity index is 885. The molecule has 0 fully saturated rings. The minimum atomic E-state index is -3.44. The summed E-state index contributed by atoms with van der Waals surface area (Å²) in [6.07, 6.45) is 0.180. The lowest BCUT2D eigenvalue weighted by atomic mass is 9.95. The molecule has 11 heteroatoms. The summed E-state index contributed by atoms with van der Waals surface area (Å²) in [5.41, 5.74) is 0.793. The van der Waals surface area contributed by atoms with Crippen molar-refractivity contribution in [2.24, 2.45) is 5.92 Å². The Kier molecular flexibility index (Phi) is 10.8. The zero-order valence-corrected chi connectivity index (χ0v) is 20.0. The van der Waals surface area contributed by atoms with Gasteiger partial charge in [-0.15, -0.1) is 0 Å². The first-order chi connectivity index (χ1) is 15.8. The highest BCUT2D eigenvalue weighted by atomic mass is 16.6. The smallest absolute Gasteiger partial charge is 0.374 e. The van der Waals surface area contributed by atoms with E-state index in [-0.39, 0.29) is 18.8 Å². The largest absolute Gasteiger partial charge is 0.465 e. The number of ketones is 1. The number of ether oxygens (including phenoxy) is 1. The van der Waals surface area contributed by atoms with Gasteiger partial charge in [-0.1, -0.05) is 44.2 Å². The fraction of sp³-hybridized carbons (Fsp3) is 0.522. The molecule has 0 heterocycles. The Balaban J connectivity index is 2.94. The normalized spacial score (nSPS) is 13.9. The molecule has 0 saturated carbocycles. The summed E-state index contributed by atoms with van der Waals surface area (Å²) in [5, 5.41) is 27.2. The van der Waals surface area contributed by atoms with E-state index >= 15 is 0 Å². The molecule has 1 aromatic carbocycles. The van der Waals surface area contributed by atoms with Gasteiger partial charge in [0.1, 0.15) is 12.1 Å². The van der Waals surface area contributed by atoms with Crippen LogP contribution in [0.2, 0.25) is 0 Å². The molecule has 0 aliphatic carbocycles. The van der Waals surface area contributed by atoms with Crippen molar-refractivity contribution in [2.75, 3.05) is 7.11 Å². The molecule has 0 aliphatic rings. The van der Waals surface area contributed by atoms with Crippen molar-refractivity contribution < 1.29 is 38.9 Å². The molecule has 0 aromatic heterocycles. The zero-order valence-electron chi connectivity index (χ0n) is 20.0. The SMILES string of the molecule is COC(=O)C(O)(O)C(=O)[C@H](CC(C)C)NC(=O)[C@H](C)NC(=O)[C@H](Cc1ccccc1)NC(C)=O. The Morgan fingerprint density at radius 1 is 0.912 bits per heavy atom. The first kappa shape index (κ1) is 28.7. The van der Waals surface area contributed by atoms with E-state index in [0.29, 0.717) is 0 Å². The van der Waals surface area contributed by atoms with E-state index in [1.165, 1.54) is 13.8 Å². The van der Waals surface area contributed by atoms with Gasteiger partial charge in [0.2, 0.25) is 23.5 Å². The minimum Gasteiger partial charge on any atom is -0.465 e. The lowest BCUT2D eigenvalue weighted by Gasteiger charge is -2.27. The summed E-state index contributed by atoms with van der Waals surface area (Å²) in [7, 11) is 0.880. The second-order valence-corrected chi connectivity index (χ2v) is 8.39. The monoisotopic (exact) mass is 479 g/mol. The lowest BCUT2D eigenvalue weighted by Crippen LogP contribution is -2.59. The number of carbonyl (C=O) groups excluding carboxylic acids is 5. The topological polar surface area (TPSA) is 171 Å². The zero-order chi connectivity index (χ0) is 26.1. The highest BCUT2D eigenvalue weighted by Crippen LogP contribution is 2.14. The second kappa shape index (κ2) is 12.8. The van der Waals surface area contributed by atoms with Crippen LogP contribution in [0.25, 0.3) is 0 Å². The summed E-state index contributed by atoms with van der Waals surface area (Å²) in [6.45, 7) is 6.09. The average Bonchev–Trinajstić information content (AvgIpc) is 2.76. The quantitative estimate of drug-likeness (QED) is 0.147. The third-order valence-electron chi connectivity index (χ3n) is 4.88. The number of Topliss-reactive ketones (excluding diaryl/α,β-unsaturated/α-hetero) is 1. The van der Waals surface area contributed by atoms with Crippen LogP contribution in [0.15, 0.2) is 30.3 Å². The number of rotatable bonds is 12. The Hall–Kier alpha value is -3.31. The molecule has 0 saturated heterocycles. The Labute approximate surface area is 198 Å². The fourth-order valence-corrected chi connectivity index (χ4v) is 3.17. The molecule has 3 atom stereocenters. The van der Waals surface area contributed by atoms with Crippen molar-refractivity contribution in [3.63, 3.8) is 0 Å². The molecule has 3 amide bonds. The maximum absolute atomic E-state index is 12.8. The maximum atomic E-state index is 12.8. The standard InChI is InChI=1S/C23H33N3O8/c1-13(2)11-17(19(28)23(32,33)22(31)34-5)26-20(29)14(3)24-21(30)18(25-15(4)27)12-16-9-7-6-8-10-16/h6-10,13-14,17-18,32-33H,11-12H2,1-5H3,(H,24,30)(H,25,27)(H,26,29)/t14-,17-,18-/m0/s1. The van der Waals surface area contributed by atoms with E-state index < -0.39 is 53.4 Å². The van der Waals surface area contributed by atoms with Crippen molar-refractivity contribution >= 4 is 29.5 Å². The van der Waals surface area contributed by atoms with Gasteiger partial charge < -0.3 is 30.9 Å². The molecule has 0 spiro atoms. The van der Waals surface area contributed by atoms with Crippen LogP contribution in [0, 0.1) is 5.92 Å². The van der Waals surface area contributed by atoms with Crippen LogP contribution in [-0.2, 0) is 35.1 Å². The molecule has 0 radical (unpaired) electrons. The first-order valence-electron chi connectivity index (χ1n) is 10.8. The molecule has 188 valence electrons. The number of nitrogens with one attached hydrogen (secondary N) is 3. The summed E-state index contributed by atoms with van der Waals surface area (Å²) in [6, 6.07) is 5.43. The molecule has 0 aliphatic heterocycles. The Morgan fingerprint density at radius 2 is 1.50 bits per heavy atom. The molecule has 0 bridgehead atoms. The van der Waals surface area contributed by atoms with Crippen LogP contribution in [-0.4, -0.2) is 70.7 Å². The van der Waals surface area contributed by atoms with E-state index in [0.717, 1.165) is 12.7 Å². The number of amides is 3. The van der Waals surface area contributed by atoms with E-state index in [2.05, 4.69) is 20.7 Å². The van der Waals surface area contributed by atoms with Gasteiger partial charge in [-0.3, -0.25) is 19.2 Å². The highest BCUT2D eigenvalue weighted by Gasteiger charge is 2.47. The first-order valence-corrected chi connectivity index (χ1v) is 10.8. The molecular formula is C23H33N3O8. The van der Waals surface area contributed by atoms with Crippen molar-refractivity contribution in [1.29, 1.82) is 0 Å². The molecule has 0 unspecified atom stereocenters. The lowest BCUT2D eigenvalue weighted by molar-refractivity contribution is -0.208. The van der Waals surface area contributed by atoms with Gasteiger partial charge in [0, 0.05) is 13.3 Å². The maximum Gasteiger partial charge on any atom is 0.374 e. The second-order valence-electron chi connectivity index (χ2n) is 8.39. The van der Waals surface area contributed by atoms with E-state index in [1.54, 1.807) is 38.1 Å². The number of aliphatic hydroxyl groups is 2. The van der Waals surface area contributed by atoms with Crippen molar-refractivity contribution in [1.82, 2.24) is 16.0 Å². The fourth-order valence-electron chi connectivity index (χ4n) is 3.17. The van der Waals surface area contributed by atoms with Gasteiger partial charge in [0.05, 0.1) is 13.2 Å². The van der Waals surface area contributed by atoms with E-state index in [4.69, 9.17) is 0 Å². The number of esters is 1. The van der Waals surface area contributed by atoms with Crippen LogP contribution in [0.1, 0.15) is 39.7 Å². The predicted molar refractivity (Wildman–Crippen MR) is 121 cm³/mol. The van der Waals surface area contributed by atoms with Crippen molar-refractivity contribution in [2.45, 2.75) is 64.4 Å². The van der Waals surface area contributed by atoms with Crippen LogP contribution in [0.3, 0.4) is 0 Å². The molecule has 1 aromatic rings. The average molecular weight is 480 g/mol. The van der Waals surface area contributed by atoms with Gasteiger partial charge in [-0.05, 0) is 24.8 Å². The minimum absolute atomic E-state index is 0.00632. The van der Waals surface area contributed by atoms with E-state index in [9.17, 15) is 34.2 Å². The number of hydrogen-bond acceptors (Lipinski definition) is 8. The van der Waals surface area contributed by atoms with Crippen molar-refractivity contribution in [3.8, 4) is 0 Å². The number of benzene rings is 1. The van der Waals surface area contributed by atoms with Crippen LogP contribution in [0.4, 0.5) is 0 Å². The van der Waals surface area contributed by atoms with Gasteiger partial charge in [0.15, 0.2) is 0 Å². The third-order valence-corrected chi connectivity index (χ3v) is 4.88. The number of methoxy groups -OCH3 is 1. The molecular weight excluding hydrogens is 446 g/mol. The van der Waals surface area contributed by atoms with E-state index in [1.807, 2.05) is 6.07 Å². The summed E-state index contributed by atoms with van der Waals surface area (Å²) < 4.78 is 4.24. The number of hydrogen-bond donors (Lipinski definition) is 5. The molecule has 11 nitrogen and oxygen atoms in total. The van der Waals surface area contributed by atoms with Crippen molar-refractivity contribution in [3.05, 3.63) is 35.9 Å². The van der Waals surface area contributed by atoms with Crippen LogP contribution >= 0.6 is 0 Å². The molecule has 1 rings (SSSR count). The highest BCUT2D eigenvalue weighted by molar-refractivity contribution is 6.08. The van der Waals surface area contributed by atoms with Gasteiger partial charge in [0.25, 0.3) is 0 Å². The predicted octanol–water partition coefficient (Wildman–Crippen LogP) is -0.808. The summed E-state index contributed by atoms with van der Waals surface area (Å²) >= 11 is 0. The van der Waals surface area contributed by atoms with Gasteiger partial charge >= 0.3 is 11.8 Å².